The molecule has 1 saturated heterocycles. The fourth-order valence-corrected chi connectivity index (χ4v) is 8.89. The number of hydrogen-bond donors (Lipinski definition) is 3. The summed E-state index contributed by atoms with van der Waals surface area (Å²) in [5.41, 5.74) is 4.22. The third kappa shape index (κ3) is 5.59. The van der Waals surface area contributed by atoms with Crippen LogP contribution >= 0.6 is 11.3 Å². The van der Waals surface area contributed by atoms with Gasteiger partial charge in [-0.05, 0) is 73.8 Å². The van der Waals surface area contributed by atoms with E-state index in [9.17, 15) is 23.2 Å². The van der Waals surface area contributed by atoms with Gasteiger partial charge in [0.15, 0.2) is 0 Å². The van der Waals surface area contributed by atoms with Crippen molar-refractivity contribution in [2.45, 2.75) is 76.3 Å². The maximum absolute atomic E-state index is 12.9. The van der Waals surface area contributed by atoms with Crippen molar-refractivity contribution in [1.29, 1.82) is 5.26 Å². The minimum absolute atomic E-state index is 0.0903. The minimum Gasteiger partial charge on any atom is -0.367 e. The molecule has 4 heterocycles. The van der Waals surface area contributed by atoms with E-state index in [0.29, 0.717) is 21.7 Å². The van der Waals surface area contributed by atoms with Crippen molar-refractivity contribution in [1.82, 2.24) is 30.1 Å². The summed E-state index contributed by atoms with van der Waals surface area (Å²) in [5.74, 6) is 0.596. The molecule has 9 nitrogen and oxygen atoms in total. The number of halogens is 3. The Morgan fingerprint density at radius 2 is 1.91 bits per heavy atom. The van der Waals surface area contributed by atoms with E-state index in [-0.39, 0.29) is 27.9 Å². The van der Waals surface area contributed by atoms with E-state index >= 15 is 0 Å². The number of carbonyl (C=O) groups is 1. The molecule has 4 fully saturated rings. The molecular weight excluding hydrogens is 601 g/mol. The number of rotatable bonds is 8. The number of thiophene rings is 1. The number of amides is 2. The molecule has 3 aliphatic carbocycles. The van der Waals surface area contributed by atoms with Gasteiger partial charge in [0.2, 0.25) is 0 Å². The lowest BCUT2D eigenvalue weighted by molar-refractivity contribution is -0.155. The smallest absolute Gasteiger partial charge is 0.367 e. The van der Waals surface area contributed by atoms with E-state index in [1.807, 2.05) is 6.07 Å². The number of urea groups is 1. The number of anilines is 1. The maximum atomic E-state index is 12.9. The van der Waals surface area contributed by atoms with Crippen molar-refractivity contribution in [3.8, 4) is 6.07 Å². The van der Waals surface area contributed by atoms with Gasteiger partial charge >= 0.3 is 12.2 Å². The van der Waals surface area contributed by atoms with Crippen LogP contribution in [0.25, 0.3) is 21.1 Å². The highest BCUT2D eigenvalue weighted by Gasteiger charge is 2.68. The molecule has 1 aromatic carbocycles. The number of hydrogen-bond acceptors (Lipinski definition) is 7. The second-order valence-corrected chi connectivity index (χ2v) is 14.3. The summed E-state index contributed by atoms with van der Waals surface area (Å²) in [4.78, 5) is 23.6. The molecule has 45 heavy (non-hydrogen) atoms. The molecule has 0 unspecified atom stereocenters. The molecule has 0 radical (unpaired) electrons. The van der Waals surface area contributed by atoms with Gasteiger partial charge in [0.25, 0.3) is 0 Å². The van der Waals surface area contributed by atoms with Crippen molar-refractivity contribution in [2.24, 2.45) is 5.41 Å². The van der Waals surface area contributed by atoms with Gasteiger partial charge in [-0.15, -0.1) is 11.3 Å². The van der Waals surface area contributed by atoms with E-state index in [1.165, 1.54) is 17.5 Å². The molecule has 4 aliphatic rings. The molecule has 0 spiro atoms. The fourth-order valence-electron chi connectivity index (χ4n) is 7.87. The number of carbonyl (C=O) groups excluding carboxylic acids is 1. The number of nitriles is 1. The predicted molar refractivity (Wildman–Crippen MR) is 167 cm³/mol. The number of nitrogens with zero attached hydrogens (tertiary/aromatic N) is 5. The van der Waals surface area contributed by atoms with Gasteiger partial charge in [0, 0.05) is 60.6 Å². The first-order valence-corrected chi connectivity index (χ1v) is 16.1. The molecule has 1 aliphatic heterocycles. The standard InChI is InChI=1S/C32H35F3N8OS/c1-19-20(3-4-26-24(19)9-22(12-36)43(26)17-30-14-31(15-30,16-30)41-29(44)37-2)13-42-7-5-21(6-8-42)40-27-25-10-23(11-32(33,34)35)45-28(25)39-18-38-27/h3-4,9-10,18,21H,5-8,11,13-17H2,1-2H3,(H2,37,41,44)(H,38,39,40). The molecule has 236 valence electrons. The minimum atomic E-state index is -4.26. The quantitative estimate of drug-likeness (QED) is 0.224. The molecule has 3 aromatic heterocycles. The molecule has 3 saturated carbocycles. The summed E-state index contributed by atoms with van der Waals surface area (Å²) in [5, 5.41) is 20.9. The van der Waals surface area contributed by atoms with Crippen LogP contribution in [-0.2, 0) is 19.5 Å². The molecule has 8 rings (SSSR count). The predicted octanol–water partition coefficient (Wildman–Crippen LogP) is 5.86. The Kier molecular flexibility index (Phi) is 7.20. The highest BCUT2D eigenvalue weighted by atomic mass is 32.1. The van der Waals surface area contributed by atoms with Crippen LogP contribution in [-0.4, -0.2) is 63.4 Å². The molecule has 2 bridgehead atoms. The molecule has 4 aromatic rings. The van der Waals surface area contributed by atoms with Gasteiger partial charge in [-0.25, -0.2) is 14.8 Å². The van der Waals surface area contributed by atoms with Crippen LogP contribution in [0, 0.1) is 23.7 Å². The number of piperidine rings is 1. The van der Waals surface area contributed by atoms with Crippen molar-refractivity contribution in [3.05, 3.63) is 52.3 Å². The number of benzene rings is 1. The lowest BCUT2D eigenvalue weighted by Gasteiger charge is -2.70. The third-order valence-corrected chi connectivity index (χ3v) is 10.9. The van der Waals surface area contributed by atoms with Gasteiger partial charge in [-0.2, -0.15) is 18.4 Å². The first kappa shape index (κ1) is 29.8. The SMILES string of the molecule is CNC(=O)NC12CC(Cn3c(C#N)cc4c(C)c(CN5CCC(Nc6ncnc7sc(CC(F)(F)F)cc67)CC5)ccc43)(C1)C2. The van der Waals surface area contributed by atoms with Crippen LogP contribution < -0.4 is 16.0 Å². The highest BCUT2D eigenvalue weighted by Crippen LogP contribution is 2.68. The van der Waals surface area contributed by atoms with Crippen LogP contribution in [0.15, 0.2) is 30.6 Å². The van der Waals surface area contributed by atoms with Crippen molar-refractivity contribution in [3.63, 3.8) is 0 Å². The zero-order chi connectivity index (χ0) is 31.6. The largest absolute Gasteiger partial charge is 0.393 e. The number of fused-ring (bicyclic) bond motifs is 2. The topological polar surface area (TPSA) is 111 Å². The van der Waals surface area contributed by atoms with Gasteiger partial charge < -0.3 is 20.5 Å². The first-order valence-electron chi connectivity index (χ1n) is 15.3. The number of aryl methyl sites for hydroxylation is 1. The number of alkyl halides is 3. The third-order valence-electron chi connectivity index (χ3n) is 9.90. The van der Waals surface area contributed by atoms with E-state index in [1.54, 1.807) is 13.1 Å². The lowest BCUT2D eigenvalue weighted by atomic mass is 9.39. The number of likely N-dealkylation sites (tertiary alicyclic amines) is 1. The van der Waals surface area contributed by atoms with Gasteiger partial charge in [-0.1, -0.05) is 6.07 Å². The summed E-state index contributed by atoms with van der Waals surface area (Å²) < 4.78 is 40.9. The van der Waals surface area contributed by atoms with Crippen LogP contribution in [0.4, 0.5) is 23.8 Å². The Morgan fingerprint density at radius 1 is 1.16 bits per heavy atom. The number of aromatic nitrogens is 3. The van der Waals surface area contributed by atoms with Crippen molar-refractivity contribution in [2.75, 3.05) is 25.5 Å². The molecule has 2 amide bonds. The zero-order valence-electron chi connectivity index (χ0n) is 25.2. The van der Waals surface area contributed by atoms with Crippen LogP contribution in [0.2, 0.25) is 0 Å². The molecule has 0 atom stereocenters. The van der Waals surface area contributed by atoms with Crippen molar-refractivity contribution >= 4 is 44.3 Å². The Hall–Kier alpha value is -3.89. The molecule has 13 heteroatoms. The Bertz CT molecular complexity index is 1810. The maximum Gasteiger partial charge on any atom is 0.393 e. The first-order chi connectivity index (χ1) is 21.5. The summed E-state index contributed by atoms with van der Waals surface area (Å²) in [7, 11) is 1.63. The normalized spacial score (nSPS) is 23.4. The van der Waals surface area contributed by atoms with E-state index in [2.05, 4.69) is 60.5 Å². The highest BCUT2D eigenvalue weighted by molar-refractivity contribution is 7.18. The summed E-state index contributed by atoms with van der Waals surface area (Å²) in [6.45, 7) is 5.48. The van der Waals surface area contributed by atoms with Crippen molar-refractivity contribution < 1.29 is 18.0 Å². The van der Waals surface area contributed by atoms with E-state index in [4.69, 9.17) is 0 Å². The summed E-state index contributed by atoms with van der Waals surface area (Å²) >= 11 is 1.06. The van der Waals surface area contributed by atoms with Gasteiger partial charge in [0.05, 0.1) is 11.8 Å². The van der Waals surface area contributed by atoms with Gasteiger partial charge in [-0.3, -0.25) is 4.90 Å². The fraction of sp³-hybridized carbons (Fsp3) is 0.500. The lowest BCUT2D eigenvalue weighted by Crippen LogP contribution is -2.76. The summed E-state index contributed by atoms with van der Waals surface area (Å²) in [6.07, 6.45) is 0.787. The van der Waals surface area contributed by atoms with Gasteiger partial charge in [0.1, 0.15) is 28.7 Å². The average molecular weight is 637 g/mol. The Morgan fingerprint density at radius 3 is 2.60 bits per heavy atom. The average Bonchev–Trinajstić information content (AvgIpc) is 3.54. The molecular formula is C32H35F3N8OS. The molecule has 3 N–H and O–H groups in total. The van der Waals surface area contributed by atoms with Crippen LogP contribution in [0.1, 0.15) is 53.8 Å². The van der Waals surface area contributed by atoms with Crippen LogP contribution in [0.3, 0.4) is 0 Å². The van der Waals surface area contributed by atoms with Crippen LogP contribution in [0.5, 0.6) is 0 Å². The second kappa shape index (κ2) is 10.9. The second-order valence-electron chi connectivity index (χ2n) is 13.2. The Labute approximate surface area is 262 Å². The van der Waals surface area contributed by atoms with E-state index in [0.717, 1.165) is 80.5 Å². The Balaban J connectivity index is 0.988. The zero-order valence-corrected chi connectivity index (χ0v) is 26.0. The monoisotopic (exact) mass is 636 g/mol. The number of nitrogens with one attached hydrogen (secondary N) is 3. The van der Waals surface area contributed by atoms with E-state index < -0.39 is 12.6 Å². The summed E-state index contributed by atoms with van der Waals surface area (Å²) in [6, 6.07) is 10.3.